The highest BCUT2D eigenvalue weighted by molar-refractivity contribution is 5.92. The van der Waals surface area contributed by atoms with Crippen LogP contribution in [0, 0.1) is 17.8 Å². The van der Waals surface area contributed by atoms with Crippen LogP contribution in [0.25, 0.3) is 0 Å². The van der Waals surface area contributed by atoms with Gasteiger partial charge < -0.3 is 5.32 Å². The third-order valence-corrected chi connectivity index (χ3v) is 2.91. The van der Waals surface area contributed by atoms with Gasteiger partial charge in [0.05, 0.1) is 0 Å². The normalized spacial score (nSPS) is 12.8. The third kappa shape index (κ3) is 4.59. The van der Waals surface area contributed by atoms with Crippen LogP contribution in [0.5, 0.6) is 0 Å². The van der Waals surface area contributed by atoms with E-state index >= 15 is 0 Å². The van der Waals surface area contributed by atoms with Crippen LogP contribution in [0.2, 0.25) is 0 Å². The lowest BCUT2D eigenvalue weighted by atomic mass is 9.87. The number of carbonyl (C=O) groups excluding carboxylic acids is 1. The van der Waals surface area contributed by atoms with Crippen molar-refractivity contribution in [1.82, 2.24) is 0 Å². The second-order valence-corrected chi connectivity index (χ2v) is 5.34. The summed E-state index contributed by atoms with van der Waals surface area (Å²) in [5.41, 5.74) is 0.881. The molecule has 17 heavy (non-hydrogen) atoms. The number of nitrogens with one attached hydrogen (secondary N) is 1. The van der Waals surface area contributed by atoms with Gasteiger partial charge in [-0.15, -0.1) is 0 Å². The van der Waals surface area contributed by atoms with E-state index in [0.717, 1.165) is 12.1 Å². The molecule has 0 saturated carbocycles. The summed E-state index contributed by atoms with van der Waals surface area (Å²) in [6.07, 6.45) is 0.941. The summed E-state index contributed by atoms with van der Waals surface area (Å²) in [4.78, 5) is 12.2. The predicted octanol–water partition coefficient (Wildman–Crippen LogP) is 3.94. The Bertz CT molecular complexity index is 343. The van der Waals surface area contributed by atoms with Crippen molar-refractivity contribution in [2.45, 2.75) is 34.1 Å². The average molecular weight is 233 g/mol. The molecule has 0 aliphatic heterocycles. The van der Waals surface area contributed by atoms with Crippen LogP contribution >= 0.6 is 0 Å². The van der Waals surface area contributed by atoms with Crippen molar-refractivity contribution in [3.8, 4) is 0 Å². The lowest BCUT2D eigenvalue weighted by Crippen LogP contribution is -2.28. The molecule has 0 radical (unpaired) electrons. The fraction of sp³-hybridized carbons (Fsp3) is 0.533. The lowest BCUT2D eigenvalue weighted by molar-refractivity contribution is -0.121. The summed E-state index contributed by atoms with van der Waals surface area (Å²) in [7, 11) is 0. The van der Waals surface area contributed by atoms with E-state index < -0.39 is 0 Å². The molecule has 1 unspecified atom stereocenters. The van der Waals surface area contributed by atoms with Crippen LogP contribution in [0.15, 0.2) is 30.3 Å². The minimum Gasteiger partial charge on any atom is -0.326 e. The Balaban J connectivity index is 2.66. The molecule has 2 heteroatoms. The van der Waals surface area contributed by atoms with E-state index in [-0.39, 0.29) is 11.8 Å². The molecule has 0 spiro atoms. The molecule has 0 aliphatic carbocycles. The summed E-state index contributed by atoms with van der Waals surface area (Å²) in [6.45, 7) is 8.53. The van der Waals surface area contributed by atoms with Crippen LogP contribution in [0.1, 0.15) is 34.1 Å². The summed E-state index contributed by atoms with van der Waals surface area (Å²) in [6, 6.07) is 9.66. The molecule has 0 saturated heterocycles. The first-order valence-electron chi connectivity index (χ1n) is 6.36. The van der Waals surface area contributed by atoms with Gasteiger partial charge in [0, 0.05) is 11.6 Å². The van der Waals surface area contributed by atoms with Gasteiger partial charge in [-0.2, -0.15) is 0 Å². The molecule has 1 aromatic rings. The molecule has 1 aromatic carbocycles. The molecule has 0 aliphatic rings. The topological polar surface area (TPSA) is 29.1 Å². The van der Waals surface area contributed by atoms with Crippen LogP contribution in [0.3, 0.4) is 0 Å². The zero-order chi connectivity index (χ0) is 12.8. The molecule has 0 aromatic heterocycles. The van der Waals surface area contributed by atoms with Crippen molar-refractivity contribution in [3.63, 3.8) is 0 Å². The molecule has 0 heterocycles. The summed E-state index contributed by atoms with van der Waals surface area (Å²) >= 11 is 0. The van der Waals surface area contributed by atoms with Crippen molar-refractivity contribution in [2.75, 3.05) is 5.32 Å². The second-order valence-electron chi connectivity index (χ2n) is 5.34. The Hall–Kier alpha value is -1.31. The van der Waals surface area contributed by atoms with Gasteiger partial charge in [0.15, 0.2) is 0 Å². The number of anilines is 1. The summed E-state index contributed by atoms with van der Waals surface area (Å²) < 4.78 is 0. The number of benzene rings is 1. The maximum absolute atomic E-state index is 12.2. The van der Waals surface area contributed by atoms with Crippen LogP contribution in [-0.4, -0.2) is 5.91 Å². The maximum atomic E-state index is 12.2. The first-order valence-corrected chi connectivity index (χ1v) is 6.36. The monoisotopic (exact) mass is 233 g/mol. The zero-order valence-electron chi connectivity index (χ0n) is 11.2. The smallest absolute Gasteiger partial charge is 0.227 e. The molecule has 1 rings (SSSR count). The summed E-state index contributed by atoms with van der Waals surface area (Å²) in [5.74, 6) is 1.15. The number of amides is 1. The first kappa shape index (κ1) is 13.8. The van der Waals surface area contributed by atoms with E-state index in [1.807, 2.05) is 30.3 Å². The minimum atomic E-state index is 0.0928. The molecule has 0 bridgehead atoms. The van der Waals surface area contributed by atoms with Gasteiger partial charge in [0.25, 0.3) is 0 Å². The highest BCUT2D eigenvalue weighted by Gasteiger charge is 2.23. The summed E-state index contributed by atoms with van der Waals surface area (Å²) in [5, 5.41) is 2.99. The minimum absolute atomic E-state index is 0.0928. The van der Waals surface area contributed by atoms with E-state index in [2.05, 4.69) is 33.0 Å². The Morgan fingerprint density at radius 2 is 1.71 bits per heavy atom. The molecular formula is C15H23NO. The molecule has 1 atom stereocenters. The molecule has 0 fully saturated rings. The van der Waals surface area contributed by atoms with Gasteiger partial charge in [0.1, 0.15) is 0 Å². The van der Waals surface area contributed by atoms with Crippen LogP contribution < -0.4 is 5.32 Å². The standard InChI is InChI=1S/C15H23NO/c1-11(2)10-14(12(3)4)15(17)16-13-8-6-5-7-9-13/h5-9,11-12,14H,10H2,1-4H3,(H,16,17). The predicted molar refractivity (Wildman–Crippen MR) is 72.9 cm³/mol. The first-order chi connectivity index (χ1) is 8.00. The third-order valence-electron chi connectivity index (χ3n) is 2.91. The fourth-order valence-corrected chi connectivity index (χ4v) is 1.95. The Labute approximate surface area is 104 Å². The van der Waals surface area contributed by atoms with E-state index in [9.17, 15) is 4.79 Å². The number of rotatable bonds is 5. The molecule has 1 amide bonds. The highest BCUT2D eigenvalue weighted by atomic mass is 16.1. The lowest BCUT2D eigenvalue weighted by Gasteiger charge is -2.22. The molecular weight excluding hydrogens is 210 g/mol. The molecule has 1 N–H and O–H groups in total. The van der Waals surface area contributed by atoms with Gasteiger partial charge in [-0.3, -0.25) is 4.79 Å². The number of carbonyl (C=O) groups is 1. The van der Waals surface area contributed by atoms with Crippen LogP contribution in [-0.2, 0) is 4.79 Å². The number of hydrogen-bond donors (Lipinski definition) is 1. The van der Waals surface area contributed by atoms with Crippen molar-refractivity contribution >= 4 is 11.6 Å². The van der Waals surface area contributed by atoms with E-state index in [4.69, 9.17) is 0 Å². The van der Waals surface area contributed by atoms with Gasteiger partial charge in [0.2, 0.25) is 5.91 Å². The van der Waals surface area contributed by atoms with Crippen LogP contribution in [0.4, 0.5) is 5.69 Å². The van der Waals surface area contributed by atoms with Gasteiger partial charge in [-0.05, 0) is 30.4 Å². The molecule has 2 nitrogen and oxygen atoms in total. The second kappa shape index (κ2) is 6.43. The Kier molecular flexibility index (Phi) is 5.20. The fourth-order valence-electron chi connectivity index (χ4n) is 1.95. The van der Waals surface area contributed by atoms with Gasteiger partial charge in [-0.1, -0.05) is 45.9 Å². The van der Waals surface area contributed by atoms with Crippen molar-refractivity contribution in [3.05, 3.63) is 30.3 Å². The number of para-hydroxylation sites is 1. The van der Waals surface area contributed by atoms with Crippen molar-refractivity contribution in [2.24, 2.45) is 17.8 Å². The Morgan fingerprint density at radius 1 is 1.12 bits per heavy atom. The maximum Gasteiger partial charge on any atom is 0.227 e. The van der Waals surface area contributed by atoms with Crippen molar-refractivity contribution < 1.29 is 4.79 Å². The SMILES string of the molecule is CC(C)CC(C(=O)Nc1ccccc1)C(C)C. The van der Waals surface area contributed by atoms with E-state index in [1.54, 1.807) is 0 Å². The number of hydrogen-bond acceptors (Lipinski definition) is 1. The van der Waals surface area contributed by atoms with Crippen molar-refractivity contribution in [1.29, 1.82) is 0 Å². The quantitative estimate of drug-likeness (QED) is 0.820. The van der Waals surface area contributed by atoms with Gasteiger partial charge in [-0.25, -0.2) is 0 Å². The average Bonchev–Trinajstić information content (AvgIpc) is 2.26. The Morgan fingerprint density at radius 3 is 2.18 bits per heavy atom. The van der Waals surface area contributed by atoms with E-state index in [1.165, 1.54) is 0 Å². The van der Waals surface area contributed by atoms with E-state index in [0.29, 0.717) is 11.8 Å². The largest absolute Gasteiger partial charge is 0.326 e. The molecule has 94 valence electrons. The zero-order valence-corrected chi connectivity index (χ0v) is 11.2. The highest BCUT2D eigenvalue weighted by Crippen LogP contribution is 2.22. The van der Waals surface area contributed by atoms with Gasteiger partial charge >= 0.3 is 0 Å².